The quantitative estimate of drug-likeness (QED) is 0.301. The minimum Gasteiger partial charge on any atom is -0.323 e. The van der Waals surface area contributed by atoms with E-state index in [0.717, 1.165) is 34.2 Å². The minimum absolute atomic E-state index is 0.0108. The molecule has 0 aliphatic rings. The number of rotatable bonds is 6. The van der Waals surface area contributed by atoms with Gasteiger partial charge in [0.2, 0.25) is 5.91 Å². The number of para-hydroxylation sites is 1. The molecule has 1 N–H and O–H groups in total. The van der Waals surface area contributed by atoms with E-state index in [1.807, 2.05) is 38.1 Å². The summed E-state index contributed by atoms with van der Waals surface area (Å²) in [5, 5.41) is 3.62. The molecular formula is C24H22FN3O2S2. The molecule has 164 valence electrons. The second kappa shape index (κ2) is 9.26. The molecule has 0 aliphatic heterocycles. The molecule has 4 rings (SSSR count). The summed E-state index contributed by atoms with van der Waals surface area (Å²) >= 11 is 2.66. The molecule has 1 amide bonds. The summed E-state index contributed by atoms with van der Waals surface area (Å²) in [4.78, 5) is 32.6. The maximum Gasteiger partial charge on any atom is 0.267 e. The van der Waals surface area contributed by atoms with Crippen molar-refractivity contribution < 1.29 is 9.18 Å². The van der Waals surface area contributed by atoms with Crippen molar-refractivity contribution in [3.8, 4) is 5.69 Å². The van der Waals surface area contributed by atoms with Crippen LogP contribution in [0.2, 0.25) is 0 Å². The summed E-state index contributed by atoms with van der Waals surface area (Å²) in [6.07, 6.45) is 0.824. The van der Waals surface area contributed by atoms with Gasteiger partial charge in [0.15, 0.2) is 5.16 Å². The van der Waals surface area contributed by atoms with Gasteiger partial charge in [-0.05, 0) is 50.1 Å². The van der Waals surface area contributed by atoms with Gasteiger partial charge in [0.05, 0.1) is 22.5 Å². The number of nitrogens with one attached hydrogen (secondary N) is 1. The van der Waals surface area contributed by atoms with Gasteiger partial charge in [0.25, 0.3) is 5.56 Å². The lowest BCUT2D eigenvalue weighted by molar-refractivity contribution is -0.113. The van der Waals surface area contributed by atoms with Crippen LogP contribution in [0.15, 0.2) is 58.5 Å². The van der Waals surface area contributed by atoms with Crippen LogP contribution in [0.1, 0.15) is 22.9 Å². The molecule has 2 aromatic carbocycles. The Kier molecular flexibility index (Phi) is 6.43. The number of halogens is 1. The molecule has 2 aromatic heterocycles. The average Bonchev–Trinajstić information content (AvgIpc) is 3.10. The summed E-state index contributed by atoms with van der Waals surface area (Å²) < 4.78 is 15.4. The summed E-state index contributed by atoms with van der Waals surface area (Å²) in [7, 11) is 0. The molecule has 0 saturated carbocycles. The van der Waals surface area contributed by atoms with Crippen LogP contribution in [0, 0.1) is 19.7 Å². The van der Waals surface area contributed by atoms with Gasteiger partial charge in [0, 0.05) is 4.88 Å². The van der Waals surface area contributed by atoms with E-state index in [4.69, 9.17) is 4.98 Å². The molecule has 4 aromatic rings. The Bertz CT molecular complexity index is 1360. The molecule has 2 heterocycles. The highest BCUT2D eigenvalue weighted by Crippen LogP contribution is 2.30. The van der Waals surface area contributed by atoms with E-state index in [-0.39, 0.29) is 22.9 Å². The number of fused-ring (bicyclic) bond motifs is 1. The molecule has 0 spiro atoms. The summed E-state index contributed by atoms with van der Waals surface area (Å²) in [6.45, 7) is 5.99. The van der Waals surface area contributed by atoms with Gasteiger partial charge in [-0.2, -0.15) is 0 Å². The number of benzene rings is 2. The normalized spacial score (nSPS) is 11.1. The average molecular weight is 468 g/mol. The highest BCUT2D eigenvalue weighted by Gasteiger charge is 2.19. The van der Waals surface area contributed by atoms with Gasteiger partial charge < -0.3 is 5.32 Å². The van der Waals surface area contributed by atoms with Gasteiger partial charge in [-0.15, -0.1) is 11.3 Å². The zero-order valence-electron chi connectivity index (χ0n) is 17.9. The molecule has 0 saturated heterocycles. The zero-order valence-corrected chi connectivity index (χ0v) is 19.6. The van der Waals surface area contributed by atoms with Crippen LogP contribution >= 0.6 is 23.1 Å². The molecule has 32 heavy (non-hydrogen) atoms. The van der Waals surface area contributed by atoms with Crippen molar-refractivity contribution in [2.45, 2.75) is 32.3 Å². The van der Waals surface area contributed by atoms with Crippen molar-refractivity contribution in [2.24, 2.45) is 0 Å². The molecule has 0 radical (unpaired) electrons. The number of carbonyl (C=O) groups is 1. The molecule has 8 heteroatoms. The smallest absolute Gasteiger partial charge is 0.267 e. The molecule has 0 bridgehead atoms. The van der Waals surface area contributed by atoms with Gasteiger partial charge in [-0.3, -0.25) is 14.2 Å². The van der Waals surface area contributed by atoms with E-state index in [9.17, 15) is 14.0 Å². The minimum atomic E-state index is -0.497. The number of thiophene rings is 1. The highest BCUT2D eigenvalue weighted by molar-refractivity contribution is 7.99. The molecule has 0 aliphatic carbocycles. The van der Waals surface area contributed by atoms with E-state index >= 15 is 0 Å². The number of aromatic nitrogens is 2. The maximum atomic E-state index is 13.9. The molecule has 0 fully saturated rings. The van der Waals surface area contributed by atoms with Crippen LogP contribution in [-0.4, -0.2) is 21.2 Å². The van der Waals surface area contributed by atoms with Gasteiger partial charge >= 0.3 is 0 Å². The lowest BCUT2D eigenvalue weighted by Crippen LogP contribution is -2.23. The topological polar surface area (TPSA) is 64.0 Å². The van der Waals surface area contributed by atoms with Gasteiger partial charge in [-0.1, -0.05) is 48.5 Å². The monoisotopic (exact) mass is 467 g/mol. The summed E-state index contributed by atoms with van der Waals surface area (Å²) in [5.41, 5.74) is 2.70. The number of aryl methyl sites for hydroxylation is 3. The first kappa shape index (κ1) is 22.2. The van der Waals surface area contributed by atoms with Crippen LogP contribution in [0.5, 0.6) is 0 Å². The number of carbonyl (C=O) groups excluding carboxylic acids is 1. The first-order valence-electron chi connectivity index (χ1n) is 10.2. The third kappa shape index (κ3) is 4.33. The Morgan fingerprint density at radius 2 is 1.88 bits per heavy atom. The van der Waals surface area contributed by atoms with Crippen molar-refractivity contribution in [3.05, 3.63) is 80.7 Å². The number of hydrogen-bond donors (Lipinski definition) is 1. The molecular weight excluding hydrogens is 445 g/mol. The number of anilines is 1. The fourth-order valence-electron chi connectivity index (χ4n) is 3.44. The largest absolute Gasteiger partial charge is 0.323 e. The molecule has 0 unspecified atom stereocenters. The maximum absolute atomic E-state index is 13.9. The zero-order chi connectivity index (χ0) is 22.8. The fraction of sp³-hybridized carbons (Fsp3) is 0.208. The predicted molar refractivity (Wildman–Crippen MR) is 130 cm³/mol. The molecule has 0 atom stereocenters. The first-order valence-corrected chi connectivity index (χ1v) is 12.0. The van der Waals surface area contributed by atoms with Crippen LogP contribution in [0.25, 0.3) is 15.9 Å². The second-order valence-corrected chi connectivity index (χ2v) is 9.40. The second-order valence-electron chi connectivity index (χ2n) is 7.37. The van der Waals surface area contributed by atoms with Crippen LogP contribution in [-0.2, 0) is 11.2 Å². The Hall–Kier alpha value is -2.97. The van der Waals surface area contributed by atoms with Gasteiger partial charge in [0.1, 0.15) is 10.6 Å². The lowest BCUT2D eigenvalue weighted by Gasteiger charge is -2.13. The predicted octanol–water partition coefficient (Wildman–Crippen LogP) is 5.50. The lowest BCUT2D eigenvalue weighted by atomic mass is 10.2. The number of nitrogens with zero attached hydrogens (tertiary/aromatic N) is 2. The van der Waals surface area contributed by atoms with E-state index < -0.39 is 5.82 Å². The standard InChI is InChI=1S/C24H22FN3O2S2/c1-4-19-15(3)21-22(32-19)27-24(28(23(21)30)16-11-9-14(2)10-12-16)31-13-20(29)26-18-8-6-5-7-17(18)25/h5-12H,4,13H2,1-3H3,(H,26,29). The Morgan fingerprint density at radius 3 is 2.56 bits per heavy atom. The summed E-state index contributed by atoms with van der Waals surface area (Å²) in [6, 6.07) is 13.6. The fourth-order valence-corrected chi connectivity index (χ4v) is 5.42. The number of thioether (sulfide) groups is 1. The van der Waals surface area contributed by atoms with E-state index in [0.29, 0.717) is 21.1 Å². The van der Waals surface area contributed by atoms with Crippen molar-refractivity contribution in [2.75, 3.05) is 11.1 Å². The Labute approximate surface area is 193 Å². The van der Waals surface area contributed by atoms with Crippen LogP contribution < -0.4 is 10.9 Å². The van der Waals surface area contributed by atoms with E-state index in [1.165, 1.54) is 23.5 Å². The number of hydrogen-bond acceptors (Lipinski definition) is 5. The van der Waals surface area contributed by atoms with Crippen molar-refractivity contribution in [3.63, 3.8) is 0 Å². The first-order chi connectivity index (χ1) is 15.4. The Morgan fingerprint density at radius 1 is 1.16 bits per heavy atom. The van der Waals surface area contributed by atoms with Crippen LogP contribution in [0.4, 0.5) is 10.1 Å². The highest BCUT2D eigenvalue weighted by atomic mass is 32.2. The third-order valence-corrected chi connectivity index (χ3v) is 7.39. The van der Waals surface area contributed by atoms with Crippen LogP contribution in [0.3, 0.4) is 0 Å². The summed E-state index contributed by atoms with van der Waals surface area (Å²) in [5.74, 6) is -0.881. The third-order valence-electron chi connectivity index (χ3n) is 5.13. The van der Waals surface area contributed by atoms with E-state index in [2.05, 4.69) is 12.2 Å². The van der Waals surface area contributed by atoms with E-state index in [1.54, 1.807) is 16.7 Å². The molecule has 5 nitrogen and oxygen atoms in total. The van der Waals surface area contributed by atoms with Crippen molar-refractivity contribution in [1.82, 2.24) is 9.55 Å². The number of amides is 1. The van der Waals surface area contributed by atoms with Crippen molar-refractivity contribution >= 4 is 44.9 Å². The van der Waals surface area contributed by atoms with Crippen molar-refractivity contribution in [1.29, 1.82) is 0 Å². The Balaban J connectivity index is 1.73. The SMILES string of the molecule is CCc1sc2nc(SCC(=O)Nc3ccccc3F)n(-c3ccc(C)cc3)c(=O)c2c1C. The van der Waals surface area contributed by atoms with Gasteiger partial charge in [-0.25, -0.2) is 9.37 Å².